The number of nitrogens with zero attached hydrogens (tertiary/aromatic N) is 2. The maximum Gasteiger partial charge on any atom is 0.0211 e. The lowest BCUT2D eigenvalue weighted by atomic mass is 10.2. The molecule has 0 fully saturated rings. The average molecular weight is 287 g/mol. The van der Waals surface area contributed by atoms with Crippen molar-refractivity contribution in [3.63, 3.8) is 0 Å². The van der Waals surface area contributed by atoms with Gasteiger partial charge in [-0.1, -0.05) is 13.8 Å². The minimum Gasteiger partial charge on any atom is -0.315 e. The maximum absolute atomic E-state index is 3.57. The van der Waals surface area contributed by atoms with Crippen molar-refractivity contribution < 1.29 is 0 Å². The van der Waals surface area contributed by atoms with Gasteiger partial charge in [0.25, 0.3) is 0 Å². The molecule has 0 rings (SSSR count). The predicted octanol–water partition coefficient (Wildman–Crippen LogP) is 1.63. The Bertz CT molecular complexity index is 185. The molecule has 2 atom stereocenters. The topological polar surface area (TPSA) is 30.5 Å². The lowest BCUT2D eigenvalue weighted by molar-refractivity contribution is 0.273. The van der Waals surface area contributed by atoms with E-state index in [1.807, 2.05) is 0 Å². The van der Waals surface area contributed by atoms with E-state index < -0.39 is 0 Å². The van der Waals surface area contributed by atoms with Crippen LogP contribution in [0, 0.1) is 0 Å². The summed E-state index contributed by atoms with van der Waals surface area (Å²) < 4.78 is 0. The number of nitrogens with one attached hydrogen (secondary N) is 2. The zero-order valence-electron chi connectivity index (χ0n) is 14.7. The Balaban J connectivity index is 3.41. The number of likely N-dealkylation sites (N-methyl/N-ethyl adjacent to an activating group) is 2. The second-order valence-corrected chi connectivity index (χ2v) is 6.17. The molecule has 0 aromatic rings. The van der Waals surface area contributed by atoms with Crippen LogP contribution in [-0.2, 0) is 0 Å². The summed E-state index contributed by atoms with van der Waals surface area (Å²) in [7, 11) is 8.65. The van der Waals surface area contributed by atoms with E-state index in [2.05, 4.69) is 62.5 Å². The number of unbranched alkanes of at least 4 members (excludes halogenated alkanes) is 1. The molecule has 0 aromatic heterocycles. The monoisotopic (exact) mass is 286 g/mol. The van der Waals surface area contributed by atoms with Gasteiger partial charge in [-0.2, -0.15) is 0 Å². The largest absolute Gasteiger partial charge is 0.315 e. The summed E-state index contributed by atoms with van der Waals surface area (Å²) in [5.74, 6) is 0. The first kappa shape index (κ1) is 19.8. The molecule has 0 aliphatic rings. The standard InChI is InChI=1S/C16H38N4/c1-7-15(19(3)4)13-17-11-9-10-12-18-14-16(8-2)20(5)6/h15-18H,7-14H2,1-6H3. The van der Waals surface area contributed by atoms with Gasteiger partial charge in [-0.25, -0.2) is 0 Å². The van der Waals surface area contributed by atoms with Gasteiger partial charge in [0, 0.05) is 25.2 Å². The minimum absolute atomic E-state index is 0.665. The Kier molecular flexibility index (Phi) is 12.5. The molecule has 0 spiro atoms. The van der Waals surface area contributed by atoms with Gasteiger partial charge >= 0.3 is 0 Å². The zero-order valence-corrected chi connectivity index (χ0v) is 14.7. The highest BCUT2D eigenvalue weighted by Gasteiger charge is 2.08. The van der Waals surface area contributed by atoms with Gasteiger partial charge in [0.2, 0.25) is 0 Å². The van der Waals surface area contributed by atoms with E-state index in [4.69, 9.17) is 0 Å². The van der Waals surface area contributed by atoms with E-state index in [1.165, 1.54) is 25.7 Å². The summed E-state index contributed by atoms with van der Waals surface area (Å²) in [4.78, 5) is 4.61. The van der Waals surface area contributed by atoms with E-state index in [9.17, 15) is 0 Å². The van der Waals surface area contributed by atoms with Crippen LogP contribution in [-0.4, -0.2) is 76.3 Å². The normalized spacial score (nSPS) is 15.0. The van der Waals surface area contributed by atoms with Crippen molar-refractivity contribution in [2.45, 2.75) is 51.6 Å². The van der Waals surface area contributed by atoms with E-state index >= 15 is 0 Å². The summed E-state index contributed by atoms with van der Waals surface area (Å²) in [5, 5.41) is 7.14. The van der Waals surface area contributed by atoms with Crippen LogP contribution in [0.1, 0.15) is 39.5 Å². The Hall–Kier alpha value is -0.160. The van der Waals surface area contributed by atoms with E-state index in [0.29, 0.717) is 12.1 Å². The molecule has 0 aromatic carbocycles. The molecule has 0 amide bonds. The Labute approximate surface area is 127 Å². The van der Waals surface area contributed by atoms with Gasteiger partial charge in [-0.3, -0.25) is 0 Å². The van der Waals surface area contributed by atoms with Crippen LogP contribution in [0.5, 0.6) is 0 Å². The lowest BCUT2D eigenvalue weighted by Gasteiger charge is -2.23. The first-order valence-corrected chi connectivity index (χ1v) is 8.27. The first-order chi connectivity index (χ1) is 9.52. The van der Waals surface area contributed by atoms with Crippen LogP contribution in [0.3, 0.4) is 0 Å². The van der Waals surface area contributed by atoms with Crippen LogP contribution < -0.4 is 10.6 Å². The van der Waals surface area contributed by atoms with Crippen LogP contribution in [0.15, 0.2) is 0 Å². The van der Waals surface area contributed by atoms with E-state index in [1.54, 1.807) is 0 Å². The summed E-state index contributed by atoms with van der Waals surface area (Å²) in [6.45, 7) is 9.00. The molecule has 2 N–H and O–H groups in total. The molecule has 0 heterocycles. The van der Waals surface area contributed by atoms with Gasteiger partial charge in [0.1, 0.15) is 0 Å². The highest BCUT2D eigenvalue weighted by molar-refractivity contribution is 4.68. The van der Waals surface area contributed by atoms with Crippen molar-refractivity contribution in [2.24, 2.45) is 0 Å². The smallest absolute Gasteiger partial charge is 0.0211 e. The van der Waals surface area contributed by atoms with Crippen LogP contribution in [0.2, 0.25) is 0 Å². The molecule has 0 bridgehead atoms. The van der Waals surface area contributed by atoms with Crippen molar-refractivity contribution in [2.75, 3.05) is 54.4 Å². The Morgan fingerprint density at radius 3 is 1.30 bits per heavy atom. The summed E-state index contributed by atoms with van der Waals surface area (Å²) in [6, 6.07) is 1.33. The molecule has 4 heteroatoms. The molecule has 0 saturated carbocycles. The van der Waals surface area contributed by atoms with Gasteiger partial charge in [-0.15, -0.1) is 0 Å². The third-order valence-corrected chi connectivity index (χ3v) is 4.12. The molecular formula is C16H38N4. The average Bonchev–Trinajstić information content (AvgIpc) is 2.40. The highest BCUT2D eigenvalue weighted by Crippen LogP contribution is 1.98. The summed E-state index contributed by atoms with van der Waals surface area (Å²) in [5.41, 5.74) is 0. The van der Waals surface area contributed by atoms with Gasteiger partial charge in [0.05, 0.1) is 0 Å². The minimum atomic E-state index is 0.665. The van der Waals surface area contributed by atoms with Gasteiger partial charge < -0.3 is 20.4 Å². The van der Waals surface area contributed by atoms with E-state index in [-0.39, 0.29) is 0 Å². The van der Waals surface area contributed by atoms with Crippen molar-refractivity contribution in [1.29, 1.82) is 0 Å². The highest BCUT2D eigenvalue weighted by atomic mass is 15.1. The third kappa shape index (κ3) is 9.70. The van der Waals surface area contributed by atoms with Crippen LogP contribution in [0.4, 0.5) is 0 Å². The Morgan fingerprint density at radius 2 is 1.05 bits per heavy atom. The lowest BCUT2D eigenvalue weighted by Crippen LogP contribution is -2.38. The van der Waals surface area contributed by atoms with Crippen LogP contribution in [0.25, 0.3) is 0 Å². The molecule has 0 radical (unpaired) electrons. The number of hydrogen-bond acceptors (Lipinski definition) is 4. The van der Waals surface area contributed by atoms with Crippen LogP contribution >= 0.6 is 0 Å². The fourth-order valence-electron chi connectivity index (χ4n) is 2.42. The molecule has 0 aliphatic carbocycles. The Morgan fingerprint density at radius 1 is 0.700 bits per heavy atom. The molecule has 0 aliphatic heterocycles. The summed E-state index contributed by atoms with van der Waals surface area (Å²) >= 11 is 0. The molecule has 4 nitrogen and oxygen atoms in total. The molecular weight excluding hydrogens is 248 g/mol. The molecule has 20 heavy (non-hydrogen) atoms. The van der Waals surface area contributed by atoms with Crippen molar-refractivity contribution in [3.8, 4) is 0 Å². The fourth-order valence-corrected chi connectivity index (χ4v) is 2.42. The van der Waals surface area contributed by atoms with Crippen molar-refractivity contribution in [3.05, 3.63) is 0 Å². The fraction of sp³-hybridized carbons (Fsp3) is 1.00. The predicted molar refractivity (Wildman–Crippen MR) is 90.5 cm³/mol. The summed E-state index contributed by atoms with van der Waals surface area (Å²) in [6.07, 6.45) is 4.94. The SMILES string of the molecule is CCC(CNCCCCNCC(CC)N(C)C)N(C)C. The second kappa shape index (κ2) is 12.6. The third-order valence-electron chi connectivity index (χ3n) is 4.12. The molecule has 2 unspecified atom stereocenters. The zero-order chi connectivity index (χ0) is 15.4. The first-order valence-electron chi connectivity index (χ1n) is 8.27. The molecule has 0 saturated heterocycles. The second-order valence-electron chi connectivity index (χ2n) is 6.17. The van der Waals surface area contributed by atoms with Gasteiger partial charge in [-0.05, 0) is 67.0 Å². The van der Waals surface area contributed by atoms with Gasteiger partial charge in [0.15, 0.2) is 0 Å². The molecule has 122 valence electrons. The van der Waals surface area contributed by atoms with E-state index in [0.717, 1.165) is 26.2 Å². The quantitative estimate of drug-likeness (QED) is 0.504. The van der Waals surface area contributed by atoms with Crippen molar-refractivity contribution >= 4 is 0 Å². The van der Waals surface area contributed by atoms with Crippen molar-refractivity contribution in [1.82, 2.24) is 20.4 Å². The maximum atomic E-state index is 3.57. The number of rotatable bonds is 13. The number of hydrogen-bond donors (Lipinski definition) is 2.